The van der Waals surface area contributed by atoms with Crippen LogP contribution in [0.2, 0.25) is 0 Å². The molecular formula is C10H11BrN2O. The highest BCUT2D eigenvalue weighted by molar-refractivity contribution is 9.10. The number of nitrogens with one attached hydrogen (secondary N) is 2. The second kappa shape index (κ2) is 3.61. The standard InChI is InChI=1S/C10H11BrN2O/c1-2-7-10(14)13-9-5-6(11)3-4-8(9)12-7/h3-5,7,12H,2H2,1H3,(H,13,14)/t7-/m1/s1. The Hall–Kier alpha value is -1.03. The van der Waals surface area contributed by atoms with E-state index in [1.54, 1.807) is 0 Å². The first kappa shape index (κ1) is 9.52. The third-order valence-electron chi connectivity index (χ3n) is 2.29. The molecule has 0 saturated carbocycles. The number of anilines is 2. The molecule has 1 aromatic carbocycles. The molecule has 0 radical (unpaired) electrons. The maximum Gasteiger partial charge on any atom is 0.246 e. The van der Waals surface area contributed by atoms with Crippen molar-refractivity contribution in [2.45, 2.75) is 19.4 Å². The summed E-state index contributed by atoms with van der Waals surface area (Å²) in [6.45, 7) is 1.99. The van der Waals surface area contributed by atoms with Crippen molar-refractivity contribution < 1.29 is 4.79 Å². The molecule has 0 saturated heterocycles. The fourth-order valence-electron chi connectivity index (χ4n) is 1.51. The molecule has 2 N–H and O–H groups in total. The molecule has 1 atom stereocenters. The van der Waals surface area contributed by atoms with Crippen LogP contribution in [0.15, 0.2) is 22.7 Å². The van der Waals surface area contributed by atoms with Gasteiger partial charge in [-0.25, -0.2) is 0 Å². The van der Waals surface area contributed by atoms with E-state index in [1.165, 1.54) is 0 Å². The predicted octanol–water partition coefficient (Wildman–Crippen LogP) is 2.59. The second-order valence-corrected chi connectivity index (χ2v) is 4.20. The van der Waals surface area contributed by atoms with Gasteiger partial charge in [-0.15, -0.1) is 0 Å². The molecule has 1 heterocycles. The maximum atomic E-state index is 11.5. The number of halogens is 1. The lowest BCUT2D eigenvalue weighted by Gasteiger charge is -2.25. The van der Waals surface area contributed by atoms with Gasteiger partial charge in [-0.2, -0.15) is 0 Å². The summed E-state index contributed by atoms with van der Waals surface area (Å²) in [4.78, 5) is 11.5. The summed E-state index contributed by atoms with van der Waals surface area (Å²) in [5.74, 6) is 0.0399. The van der Waals surface area contributed by atoms with E-state index in [0.717, 1.165) is 22.3 Å². The molecule has 0 unspecified atom stereocenters. The second-order valence-electron chi connectivity index (χ2n) is 3.28. The lowest BCUT2D eigenvalue weighted by Crippen LogP contribution is -2.38. The molecule has 0 spiro atoms. The van der Waals surface area contributed by atoms with Gasteiger partial charge in [0.25, 0.3) is 0 Å². The predicted molar refractivity (Wildman–Crippen MR) is 60.5 cm³/mol. The number of hydrogen-bond donors (Lipinski definition) is 2. The van der Waals surface area contributed by atoms with E-state index >= 15 is 0 Å². The number of rotatable bonds is 1. The van der Waals surface area contributed by atoms with Crippen molar-refractivity contribution >= 4 is 33.2 Å². The smallest absolute Gasteiger partial charge is 0.246 e. The van der Waals surface area contributed by atoms with Gasteiger partial charge in [0, 0.05) is 4.47 Å². The van der Waals surface area contributed by atoms with E-state index in [4.69, 9.17) is 0 Å². The van der Waals surface area contributed by atoms with Gasteiger partial charge < -0.3 is 10.6 Å². The van der Waals surface area contributed by atoms with Crippen molar-refractivity contribution in [3.05, 3.63) is 22.7 Å². The van der Waals surface area contributed by atoms with Crippen LogP contribution in [0.1, 0.15) is 13.3 Å². The molecule has 3 nitrogen and oxygen atoms in total. The SMILES string of the molecule is CC[C@H]1Nc2ccc(Br)cc2NC1=O. The van der Waals surface area contributed by atoms with Crippen molar-refractivity contribution in [2.24, 2.45) is 0 Å². The average molecular weight is 255 g/mol. The summed E-state index contributed by atoms with van der Waals surface area (Å²) >= 11 is 3.36. The molecule has 0 aromatic heterocycles. The van der Waals surface area contributed by atoms with E-state index < -0.39 is 0 Å². The van der Waals surface area contributed by atoms with E-state index in [-0.39, 0.29) is 11.9 Å². The number of amides is 1. The molecule has 0 fully saturated rings. The lowest BCUT2D eigenvalue weighted by atomic mass is 10.1. The van der Waals surface area contributed by atoms with Crippen LogP contribution in [-0.4, -0.2) is 11.9 Å². The van der Waals surface area contributed by atoms with Gasteiger partial charge in [0.15, 0.2) is 0 Å². The molecule has 1 aromatic rings. The van der Waals surface area contributed by atoms with Gasteiger partial charge >= 0.3 is 0 Å². The maximum absolute atomic E-state index is 11.5. The zero-order chi connectivity index (χ0) is 10.1. The Labute approximate surface area is 91.0 Å². The van der Waals surface area contributed by atoms with Crippen LogP contribution in [-0.2, 0) is 4.79 Å². The first-order valence-corrected chi connectivity index (χ1v) is 5.37. The molecule has 14 heavy (non-hydrogen) atoms. The van der Waals surface area contributed by atoms with Crippen molar-refractivity contribution in [3.8, 4) is 0 Å². The highest BCUT2D eigenvalue weighted by Gasteiger charge is 2.23. The van der Waals surface area contributed by atoms with Crippen LogP contribution in [0, 0.1) is 0 Å². The number of benzene rings is 1. The summed E-state index contributed by atoms with van der Waals surface area (Å²) in [5, 5.41) is 6.06. The van der Waals surface area contributed by atoms with E-state index in [9.17, 15) is 4.79 Å². The van der Waals surface area contributed by atoms with Gasteiger partial charge in [-0.1, -0.05) is 22.9 Å². The molecule has 74 valence electrons. The minimum atomic E-state index is -0.108. The third kappa shape index (κ3) is 1.62. The Bertz CT molecular complexity index is 378. The van der Waals surface area contributed by atoms with Crippen molar-refractivity contribution in [1.29, 1.82) is 0 Å². The first-order valence-electron chi connectivity index (χ1n) is 4.57. The number of carbonyl (C=O) groups is 1. The van der Waals surface area contributed by atoms with Crippen LogP contribution in [0.25, 0.3) is 0 Å². The molecular weight excluding hydrogens is 244 g/mol. The fourth-order valence-corrected chi connectivity index (χ4v) is 1.87. The minimum absolute atomic E-state index is 0.0399. The molecule has 0 aliphatic carbocycles. The number of fused-ring (bicyclic) bond motifs is 1. The third-order valence-corrected chi connectivity index (χ3v) is 2.79. The Balaban J connectivity index is 2.35. The highest BCUT2D eigenvalue weighted by Crippen LogP contribution is 2.30. The van der Waals surface area contributed by atoms with E-state index in [1.807, 2.05) is 25.1 Å². The molecule has 1 aliphatic heterocycles. The van der Waals surface area contributed by atoms with Gasteiger partial charge in [-0.05, 0) is 24.6 Å². The Morgan fingerprint density at radius 1 is 1.43 bits per heavy atom. The van der Waals surface area contributed by atoms with Gasteiger partial charge in [0.05, 0.1) is 11.4 Å². The summed E-state index contributed by atoms with van der Waals surface area (Å²) < 4.78 is 0.966. The zero-order valence-corrected chi connectivity index (χ0v) is 9.39. The molecule has 1 amide bonds. The summed E-state index contributed by atoms with van der Waals surface area (Å²) in [5.41, 5.74) is 1.83. The zero-order valence-electron chi connectivity index (χ0n) is 7.80. The quantitative estimate of drug-likeness (QED) is 0.809. The highest BCUT2D eigenvalue weighted by atomic mass is 79.9. The van der Waals surface area contributed by atoms with Crippen LogP contribution in [0.4, 0.5) is 11.4 Å². The van der Waals surface area contributed by atoms with Gasteiger partial charge in [-0.3, -0.25) is 4.79 Å². The number of hydrogen-bond acceptors (Lipinski definition) is 2. The van der Waals surface area contributed by atoms with Gasteiger partial charge in [0.1, 0.15) is 6.04 Å². The van der Waals surface area contributed by atoms with E-state index in [2.05, 4.69) is 26.6 Å². The Kier molecular flexibility index (Phi) is 2.46. The van der Waals surface area contributed by atoms with Gasteiger partial charge in [0.2, 0.25) is 5.91 Å². The van der Waals surface area contributed by atoms with E-state index in [0.29, 0.717) is 0 Å². The minimum Gasteiger partial charge on any atom is -0.372 e. The Morgan fingerprint density at radius 2 is 2.21 bits per heavy atom. The normalized spacial score (nSPS) is 19.6. The first-order chi connectivity index (χ1) is 6.70. The molecule has 4 heteroatoms. The monoisotopic (exact) mass is 254 g/mol. The average Bonchev–Trinajstić information content (AvgIpc) is 2.16. The van der Waals surface area contributed by atoms with Crippen molar-refractivity contribution in [1.82, 2.24) is 0 Å². The molecule has 2 rings (SSSR count). The summed E-state index contributed by atoms with van der Waals surface area (Å²) in [6.07, 6.45) is 0.793. The van der Waals surface area contributed by atoms with Crippen LogP contribution in [0.3, 0.4) is 0 Å². The molecule has 1 aliphatic rings. The topological polar surface area (TPSA) is 41.1 Å². The van der Waals surface area contributed by atoms with Crippen molar-refractivity contribution in [3.63, 3.8) is 0 Å². The molecule has 0 bridgehead atoms. The van der Waals surface area contributed by atoms with Crippen LogP contribution in [0.5, 0.6) is 0 Å². The Morgan fingerprint density at radius 3 is 2.93 bits per heavy atom. The fraction of sp³-hybridized carbons (Fsp3) is 0.300. The summed E-state index contributed by atoms with van der Waals surface area (Å²) in [7, 11) is 0. The van der Waals surface area contributed by atoms with Crippen LogP contribution < -0.4 is 10.6 Å². The largest absolute Gasteiger partial charge is 0.372 e. The summed E-state index contributed by atoms with van der Waals surface area (Å²) in [6, 6.07) is 5.70. The number of carbonyl (C=O) groups excluding carboxylic acids is 1. The van der Waals surface area contributed by atoms with Crippen molar-refractivity contribution in [2.75, 3.05) is 10.6 Å². The lowest BCUT2D eigenvalue weighted by molar-refractivity contribution is -0.117. The van der Waals surface area contributed by atoms with Crippen LogP contribution >= 0.6 is 15.9 Å².